The van der Waals surface area contributed by atoms with E-state index in [1.807, 2.05) is 0 Å². The number of benzene rings is 1. The molecule has 2 amide bonds. The third-order valence-electron chi connectivity index (χ3n) is 5.26. The molecule has 0 bridgehead atoms. The zero-order valence-electron chi connectivity index (χ0n) is 17.4. The number of nitrogens with zero attached hydrogens (tertiary/aromatic N) is 4. The summed E-state index contributed by atoms with van der Waals surface area (Å²) in [4.78, 5) is 31.0. The van der Waals surface area contributed by atoms with E-state index in [9.17, 15) is 27.2 Å². The molecule has 7 nitrogen and oxygen atoms in total. The van der Waals surface area contributed by atoms with Crippen LogP contribution in [0.4, 0.5) is 28.9 Å². The van der Waals surface area contributed by atoms with E-state index in [0.717, 1.165) is 18.3 Å². The van der Waals surface area contributed by atoms with Gasteiger partial charge in [0.2, 0.25) is 0 Å². The van der Waals surface area contributed by atoms with Crippen LogP contribution in [0.2, 0.25) is 0 Å². The number of rotatable bonds is 3. The number of amides is 2. The standard InChI is InChI=1S/C21H17F4N5O2.H2S/c1-11-10-29(14-5-3-13(4-6-14)21(23,24)25)20(32)18-15(7-27-30(11)18)19(31)28-17-9-26-8-16(22)12(17)2;/h3-9,11H,10H2,1-2H3,(H,28,31);1H2/t11-;/m0./s1. The molecule has 0 radical (unpaired) electrons. The lowest BCUT2D eigenvalue weighted by atomic mass is 10.1. The molecular weight excluding hydrogens is 462 g/mol. The van der Waals surface area contributed by atoms with E-state index in [1.165, 1.54) is 41.0 Å². The number of fused-ring (bicyclic) bond motifs is 1. The first-order valence-electron chi connectivity index (χ1n) is 9.56. The molecule has 174 valence electrons. The van der Waals surface area contributed by atoms with Gasteiger partial charge in [0.1, 0.15) is 11.5 Å². The molecule has 3 aromatic rings. The highest BCUT2D eigenvalue weighted by Gasteiger charge is 2.36. The average molecular weight is 481 g/mol. The van der Waals surface area contributed by atoms with Crippen LogP contribution in [0, 0.1) is 12.7 Å². The zero-order valence-corrected chi connectivity index (χ0v) is 18.4. The van der Waals surface area contributed by atoms with Gasteiger partial charge in [0.15, 0.2) is 0 Å². The van der Waals surface area contributed by atoms with E-state index < -0.39 is 29.4 Å². The van der Waals surface area contributed by atoms with Crippen LogP contribution in [0.5, 0.6) is 0 Å². The summed E-state index contributed by atoms with van der Waals surface area (Å²) >= 11 is 0. The quantitative estimate of drug-likeness (QED) is 0.565. The maximum absolute atomic E-state index is 13.7. The second-order valence-corrected chi connectivity index (χ2v) is 7.41. The maximum Gasteiger partial charge on any atom is 0.416 e. The van der Waals surface area contributed by atoms with Crippen molar-refractivity contribution in [2.24, 2.45) is 0 Å². The van der Waals surface area contributed by atoms with Crippen molar-refractivity contribution >= 4 is 36.7 Å². The molecule has 2 aromatic heterocycles. The molecule has 4 rings (SSSR count). The molecule has 0 saturated carbocycles. The van der Waals surface area contributed by atoms with Crippen molar-refractivity contribution in [2.45, 2.75) is 26.1 Å². The Balaban J connectivity index is 0.00000306. The Bertz CT molecular complexity index is 1210. The molecule has 1 aliphatic rings. The minimum atomic E-state index is -4.49. The van der Waals surface area contributed by atoms with Crippen molar-refractivity contribution in [1.82, 2.24) is 14.8 Å². The number of alkyl halides is 3. The van der Waals surface area contributed by atoms with Crippen molar-refractivity contribution in [1.29, 1.82) is 0 Å². The van der Waals surface area contributed by atoms with Crippen LogP contribution in [0.25, 0.3) is 0 Å². The lowest BCUT2D eigenvalue weighted by Crippen LogP contribution is -2.43. The third-order valence-corrected chi connectivity index (χ3v) is 5.26. The largest absolute Gasteiger partial charge is 0.416 e. The van der Waals surface area contributed by atoms with Crippen LogP contribution in [0.1, 0.15) is 44.9 Å². The fourth-order valence-electron chi connectivity index (χ4n) is 3.50. The first kappa shape index (κ1) is 24.2. The monoisotopic (exact) mass is 481 g/mol. The van der Waals surface area contributed by atoms with Gasteiger partial charge in [-0.1, -0.05) is 0 Å². The van der Waals surface area contributed by atoms with Crippen LogP contribution in [0.15, 0.2) is 42.9 Å². The predicted octanol–water partition coefficient (Wildman–Crippen LogP) is 4.33. The molecule has 1 aromatic carbocycles. The number of carbonyl (C=O) groups is 2. The normalized spacial score (nSPS) is 15.6. The Morgan fingerprint density at radius 1 is 1.15 bits per heavy atom. The molecule has 3 heterocycles. The number of anilines is 2. The molecule has 0 unspecified atom stereocenters. The zero-order chi connectivity index (χ0) is 23.2. The van der Waals surface area contributed by atoms with Gasteiger partial charge in [-0.15, -0.1) is 0 Å². The second kappa shape index (κ2) is 8.85. The smallest absolute Gasteiger partial charge is 0.320 e. The summed E-state index contributed by atoms with van der Waals surface area (Å²) in [5.74, 6) is -1.87. The molecule has 1 atom stereocenters. The molecule has 0 spiro atoms. The summed E-state index contributed by atoms with van der Waals surface area (Å²) < 4.78 is 53.7. The van der Waals surface area contributed by atoms with E-state index >= 15 is 0 Å². The summed E-state index contributed by atoms with van der Waals surface area (Å²) in [6, 6.07) is 3.87. The Labute approximate surface area is 192 Å². The van der Waals surface area contributed by atoms with Crippen molar-refractivity contribution < 1.29 is 27.2 Å². The van der Waals surface area contributed by atoms with E-state index in [2.05, 4.69) is 15.4 Å². The molecule has 12 heteroatoms. The number of pyridine rings is 1. The van der Waals surface area contributed by atoms with Crippen molar-refractivity contribution in [3.8, 4) is 0 Å². The van der Waals surface area contributed by atoms with Gasteiger partial charge in [-0.2, -0.15) is 31.8 Å². The number of hydrogen-bond donors (Lipinski definition) is 1. The topological polar surface area (TPSA) is 80.1 Å². The highest BCUT2D eigenvalue weighted by atomic mass is 32.1. The lowest BCUT2D eigenvalue weighted by Gasteiger charge is -2.32. The number of aromatic nitrogens is 3. The van der Waals surface area contributed by atoms with E-state index in [1.54, 1.807) is 6.92 Å². The Morgan fingerprint density at radius 2 is 1.82 bits per heavy atom. The fourth-order valence-corrected chi connectivity index (χ4v) is 3.50. The third kappa shape index (κ3) is 4.42. The first-order chi connectivity index (χ1) is 15.1. The van der Waals surface area contributed by atoms with Crippen molar-refractivity contribution in [3.05, 3.63) is 71.1 Å². The van der Waals surface area contributed by atoms with Gasteiger partial charge in [-0.25, -0.2) is 4.39 Å². The Morgan fingerprint density at radius 3 is 2.45 bits per heavy atom. The SMILES string of the molecule is Cc1c(F)cncc1NC(=O)c1cnn2c1C(=O)N(c1ccc(C(F)(F)F)cc1)C[C@@H]2C.S. The molecule has 0 fully saturated rings. The van der Waals surface area contributed by atoms with Gasteiger partial charge in [0.25, 0.3) is 11.8 Å². The first-order valence-corrected chi connectivity index (χ1v) is 9.56. The van der Waals surface area contributed by atoms with Crippen LogP contribution in [-0.2, 0) is 6.18 Å². The van der Waals surface area contributed by atoms with Gasteiger partial charge in [0, 0.05) is 17.8 Å². The highest BCUT2D eigenvalue weighted by molar-refractivity contribution is 7.59. The minimum absolute atomic E-state index is 0. The van der Waals surface area contributed by atoms with Gasteiger partial charge in [0.05, 0.1) is 41.4 Å². The molecule has 1 aliphatic heterocycles. The Hall–Kier alpha value is -3.41. The lowest BCUT2D eigenvalue weighted by molar-refractivity contribution is -0.137. The second-order valence-electron chi connectivity index (χ2n) is 7.41. The van der Waals surface area contributed by atoms with Crippen LogP contribution in [0.3, 0.4) is 0 Å². The number of hydrogen-bond acceptors (Lipinski definition) is 4. The highest BCUT2D eigenvalue weighted by Crippen LogP contribution is 2.33. The van der Waals surface area contributed by atoms with E-state index in [0.29, 0.717) is 0 Å². The molecule has 1 N–H and O–H groups in total. The summed E-state index contributed by atoms with van der Waals surface area (Å²) in [7, 11) is 0. The van der Waals surface area contributed by atoms with E-state index in [4.69, 9.17) is 0 Å². The van der Waals surface area contributed by atoms with Gasteiger partial charge in [-0.3, -0.25) is 19.3 Å². The van der Waals surface area contributed by atoms with Crippen LogP contribution >= 0.6 is 13.5 Å². The minimum Gasteiger partial charge on any atom is -0.320 e. The summed E-state index contributed by atoms with van der Waals surface area (Å²) in [6.07, 6.45) is -0.964. The van der Waals surface area contributed by atoms with E-state index in [-0.39, 0.29) is 54.3 Å². The van der Waals surface area contributed by atoms with Crippen LogP contribution in [-0.4, -0.2) is 33.1 Å². The predicted molar refractivity (Wildman–Crippen MR) is 117 cm³/mol. The van der Waals surface area contributed by atoms with Gasteiger partial charge >= 0.3 is 6.18 Å². The molecular formula is C21H19F4N5O2S. The fraction of sp³-hybridized carbons (Fsp3) is 0.238. The summed E-state index contributed by atoms with van der Waals surface area (Å²) in [5, 5.41) is 6.66. The average Bonchev–Trinajstić information content (AvgIpc) is 3.20. The molecule has 0 aliphatic carbocycles. The molecule has 33 heavy (non-hydrogen) atoms. The molecule has 0 saturated heterocycles. The van der Waals surface area contributed by atoms with Crippen molar-refractivity contribution in [2.75, 3.05) is 16.8 Å². The van der Waals surface area contributed by atoms with Gasteiger partial charge < -0.3 is 10.2 Å². The number of carbonyl (C=O) groups excluding carboxylic acids is 2. The Kier molecular flexibility index (Phi) is 6.50. The summed E-state index contributed by atoms with van der Waals surface area (Å²) in [5.41, 5.74) is -0.293. The van der Waals surface area contributed by atoms with Gasteiger partial charge in [-0.05, 0) is 38.1 Å². The van der Waals surface area contributed by atoms with Crippen LogP contribution < -0.4 is 10.2 Å². The summed E-state index contributed by atoms with van der Waals surface area (Å²) in [6.45, 7) is 3.40. The number of halogens is 4. The maximum atomic E-state index is 13.7. The number of nitrogens with one attached hydrogen (secondary N) is 1. The van der Waals surface area contributed by atoms with Crippen molar-refractivity contribution in [3.63, 3.8) is 0 Å².